The maximum Gasteiger partial charge on any atom is 0.416 e. The van der Waals surface area contributed by atoms with Gasteiger partial charge in [-0.2, -0.15) is 13.2 Å². The van der Waals surface area contributed by atoms with Crippen molar-refractivity contribution in [2.75, 3.05) is 6.54 Å². The van der Waals surface area contributed by atoms with Crippen molar-refractivity contribution in [1.82, 2.24) is 15.3 Å². The van der Waals surface area contributed by atoms with Gasteiger partial charge in [0.05, 0.1) is 5.56 Å². The number of nitrogens with zero attached hydrogens (tertiary/aromatic N) is 1. The summed E-state index contributed by atoms with van der Waals surface area (Å²) in [5.41, 5.74) is 6.94. The van der Waals surface area contributed by atoms with Gasteiger partial charge in [0.1, 0.15) is 5.65 Å². The molecule has 0 saturated carbocycles. The number of hydrogen-bond acceptors (Lipinski definition) is 3. The van der Waals surface area contributed by atoms with Crippen LogP contribution in [0.3, 0.4) is 0 Å². The van der Waals surface area contributed by atoms with Gasteiger partial charge in [0, 0.05) is 42.0 Å². The minimum atomic E-state index is -4.41. The first kappa shape index (κ1) is 19.6. The van der Waals surface area contributed by atoms with Gasteiger partial charge in [0.2, 0.25) is 5.91 Å². The van der Waals surface area contributed by atoms with E-state index in [1.807, 2.05) is 6.07 Å². The van der Waals surface area contributed by atoms with E-state index in [-0.39, 0.29) is 18.9 Å². The van der Waals surface area contributed by atoms with Gasteiger partial charge in [0.15, 0.2) is 0 Å². The van der Waals surface area contributed by atoms with E-state index in [4.69, 9.17) is 5.73 Å². The van der Waals surface area contributed by atoms with Crippen molar-refractivity contribution in [2.24, 2.45) is 5.73 Å². The zero-order chi connectivity index (χ0) is 20.1. The molecule has 0 aliphatic heterocycles. The summed E-state index contributed by atoms with van der Waals surface area (Å²) >= 11 is 0. The lowest BCUT2D eigenvalue weighted by molar-refractivity contribution is -0.137. The van der Waals surface area contributed by atoms with Gasteiger partial charge in [-0.05, 0) is 36.3 Å². The second-order valence-corrected chi connectivity index (χ2v) is 6.32. The summed E-state index contributed by atoms with van der Waals surface area (Å²) < 4.78 is 38.5. The Kier molecular flexibility index (Phi) is 5.79. The number of halogens is 3. The molecule has 8 heteroatoms. The molecular weight excluding hydrogens is 369 g/mol. The summed E-state index contributed by atoms with van der Waals surface area (Å²) in [4.78, 5) is 19.4. The highest BCUT2D eigenvalue weighted by Gasteiger charge is 2.30. The van der Waals surface area contributed by atoms with Crippen molar-refractivity contribution in [3.05, 3.63) is 71.6 Å². The molecule has 0 spiro atoms. The minimum Gasteiger partial charge on any atom is -0.348 e. The molecule has 1 aromatic carbocycles. The van der Waals surface area contributed by atoms with Gasteiger partial charge < -0.3 is 16.0 Å². The van der Waals surface area contributed by atoms with Crippen LogP contribution in [0.25, 0.3) is 17.1 Å². The van der Waals surface area contributed by atoms with Gasteiger partial charge in [-0.15, -0.1) is 0 Å². The number of nitrogens with two attached hydrogens (primary N) is 1. The standard InChI is InChI=1S/C20H19F3N4O/c21-20(22,23)15-4-1-3-13(9-15)10-16(11-24)27-18(28)7-6-14-12-26-19-17(14)5-2-8-25-19/h1-9,12,16H,10-11,24H2,(H,25,26)(H,27,28)/b7-6+/t16-/m0/s1. The Hall–Kier alpha value is -3.13. The van der Waals surface area contributed by atoms with E-state index in [2.05, 4.69) is 15.3 Å². The monoisotopic (exact) mass is 388 g/mol. The fourth-order valence-electron chi connectivity index (χ4n) is 2.88. The van der Waals surface area contributed by atoms with Crippen LogP contribution in [0.1, 0.15) is 16.7 Å². The molecule has 146 valence electrons. The zero-order valence-corrected chi connectivity index (χ0v) is 14.8. The number of hydrogen-bond donors (Lipinski definition) is 3. The van der Waals surface area contributed by atoms with Crippen LogP contribution in [0, 0.1) is 0 Å². The smallest absolute Gasteiger partial charge is 0.348 e. The number of pyridine rings is 1. The molecule has 0 aliphatic carbocycles. The maximum absolute atomic E-state index is 12.8. The molecule has 0 aliphatic rings. The molecule has 0 saturated heterocycles. The molecule has 0 bridgehead atoms. The predicted octanol–water partition coefficient (Wildman–Crippen LogP) is 3.28. The van der Waals surface area contributed by atoms with Crippen molar-refractivity contribution < 1.29 is 18.0 Å². The fraction of sp³-hybridized carbons (Fsp3) is 0.200. The number of carbonyl (C=O) groups is 1. The number of aromatic nitrogens is 2. The fourth-order valence-corrected chi connectivity index (χ4v) is 2.88. The third kappa shape index (κ3) is 4.77. The van der Waals surface area contributed by atoms with Gasteiger partial charge >= 0.3 is 6.18 Å². The molecule has 0 unspecified atom stereocenters. The number of alkyl halides is 3. The van der Waals surface area contributed by atoms with E-state index in [0.717, 1.165) is 23.1 Å². The predicted molar refractivity (Wildman–Crippen MR) is 101 cm³/mol. The molecular formula is C20H19F3N4O. The molecule has 0 radical (unpaired) electrons. The van der Waals surface area contributed by atoms with E-state index >= 15 is 0 Å². The topological polar surface area (TPSA) is 83.8 Å². The molecule has 4 N–H and O–H groups in total. The Bertz CT molecular complexity index is 994. The van der Waals surface area contributed by atoms with Crippen LogP contribution in [0.5, 0.6) is 0 Å². The normalized spacial score (nSPS) is 13.1. The third-order valence-corrected chi connectivity index (χ3v) is 4.26. The number of benzene rings is 1. The Labute approximate surface area is 159 Å². The van der Waals surface area contributed by atoms with Gasteiger partial charge in [-0.3, -0.25) is 4.79 Å². The lowest BCUT2D eigenvalue weighted by Gasteiger charge is -2.17. The first-order chi connectivity index (χ1) is 13.4. The Morgan fingerprint density at radius 1 is 1.29 bits per heavy atom. The number of rotatable bonds is 6. The lowest BCUT2D eigenvalue weighted by Crippen LogP contribution is -2.41. The zero-order valence-electron chi connectivity index (χ0n) is 14.8. The minimum absolute atomic E-state index is 0.104. The summed E-state index contributed by atoms with van der Waals surface area (Å²) in [7, 11) is 0. The molecule has 1 atom stereocenters. The summed E-state index contributed by atoms with van der Waals surface area (Å²) in [6, 6.07) is 8.21. The molecule has 28 heavy (non-hydrogen) atoms. The quantitative estimate of drug-likeness (QED) is 0.567. The van der Waals surface area contributed by atoms with Crippen LogP contribution in [0.15, 0.2) is 54.9 Å². The van der Waals surface area contributed by atoms with Crippen LogP contribution < -0.4 is 11.1 Å². The summed E-state index contributed by atoms with van der Waals surface area (Å²) in [5.74, 6) is -0.374. The summed E-state index contributed by atoms with van der Waals surface area (Å²) in [5, 5.41) is 3.61. The van der Waals surface area contributed by atoms with Gasteiger partial charge in [-0.25, -0.2) is 4.98 Å². The average molecular weight is 388 g/mol. The Balaban J connectivity index is 1.65. The third-order valence-electron chi connectivity index (χ3n) is 4.26. The molecule has 5 nitrogen and oxygen atoms in total. The van der Waals surface area contributed by atoms with E-state index in [0.29, 0.717) is 11.2 Å². The van der Waals surface area contributed by atoms with Crippen molar-refractivity contribution >= 4 is 23.0 Å². The highest BCUT2D eigenvalue weighted by atomic mass is 19.4. The lowest BCUT2D eigenvalue weighted by atomic mass is 10.0. The second kappa shape index (κ2) is 8.26. The highest BCUT2D eigenvalue weighted by molar-refractivity contribution is 5.95. The Morgan fingerprint density at radius 2 is 2.11 bits per heavy atom. The van der Waals surface area contributed by atoms with E-state index in [1.54, 1.807) is 30.6 Å². The first-order valence-corrected chi connectivity index (χ1v) is 8.63. The number of carbonyl (C=O) groups excluding carboxylic acids is 1. The molecule has 1 amide bonds. The second-order valence-electron chi connectivity index (χ2n) is 6.32. The van der Waals surface area contributed by atoms with Crippen molar-refractivity contribution in [1.29, 1.82) is 0 Å². The van der Waals surface area contributed by atoms with Crippen LogP contribution in [-0.2, 0) is 17.4 Å². The van der Waals surface area contributed by atoms with Crippen molar-refractivity contribution in [3.63, 3.8) is 0 Å². The number of aromatic amines is 1. The Morgan fingerprint density at radius 3 is 2.86 bits per heavy atom. The highest BCUT2D eigenvalue weighted by Crippen LogP contribution is 2.29. The van der Waals surface area contributed by atoms with Gasteiger partial charge in [-0.1, -0.05) is 18.2 Å². The number of nitrogens with one attached hydrogen (secondary N) is 2. The van der Waals surface area contributed by atoms with E-state index in [1.165, 1.54) is 12.1 Å². The molecule has 3 aromatic rings. The molecule has 2 heterocycles. The largest absolute Gasteiger partial charge is 0.416 e. The number of H-pyrrole nitrogens is 1. The van der Waals surface area contributed by atoms with Gasteiger partial charge in [0.25, 0.3) is 0 Å². The maximum atomic E-state index is 12.8. The molecule has 0 fully saturated rings. The summed E-state index contributed by atoms with van der Waals surface area (Å²) in [6.07, 6.45) is 2.21. The SMILES string of the molecule is NC[C@H](Cc1cccc(C(F)(F)F)c1)NC(=O)/C=C/c1c[nH]c2ncccc12. The van der Waals surface area contributed by atoms with Crippen LogP contribution in [-0.4, -0.2) is 28.5 Å². The van der Waals surface area contributed by atoms with Crippen molar-refractivity contribution in [2.45, 2.75) is 18.6 Å². The first-order valence-electron chi connectivity index (χ1n) is 8.63. The van der Waals surface area contributed by atoms with E-state index in [9.17, 15) is 18.0 Å². The molecule has 3 rings (SSSR count). The van der Waals surface area contributed by atoms with Crippen LogP contribution in [0.2, 0.25) is 0 Å². The van der Waals surface area contributed by atoms with E-state index < -0.39 is 17.8 Å². The molecule has 2 aromatic heterocycles. The average Bonchev–Trinajstić information content (AvgIpc) is 3.08. The summed E-state index contributed by atoms with van der Waals surface area (Å²) in [6.45, 7) is 0.104. The van der Waals surface area contributed by atoms with Crippen LogP contribution in [0.4, 0.5) is 13.2 Å². The van der Waals surface area contributed by atoms with Crippen LogP contribution >= 0.6 is 0 Å². The van der Waals surface area contributed by atoms with Crippen molar-refractivity contribution in [3.8, 4) is 0 Å². The number of amides is 1. The number of fused-ring (bicyclic) bond motifs is 1.